The average molecular weight is 462 g/mol. The van der Waals surface area contributed by atoms with Crippen LogP contribution in [0, 0.1) is 12.7 Å². The minimum absolute atomic E-state index is 0.202. The number of hydrogen-bond acceptors (Lipinski definition) is 7. The summed E-state index contributed by atoms with van der Waals surface area (Å²) in [7, 11) is 0. The quantitative estimate of drug-likeness (QED) is 0.640. The van der Waals surface area contributed by atoms with Crippen molar-refractivity contribution in [3.05, 3.63) is 35.7 Å². The Kier molecular flexibility index (Phi) is 6.21. The van der Waals surface area contributed by atoms with Gasteiger partial charge in [0, 0.05) is 33.1 Å². The maximum absolute atomic E-state index is 14.9. The number of aryl methyl sites for hydroxylation is 1. The van der Waals surface area contributed by atoms with E-state index in [0.29, 0.717) is 54.2 Å². The number of H-pyrrole nitrogens is 1. The number of amides is 2. The highest BCUT2D eigenvalue weighted by Crippen LogP contribution is 2.28. The van der Waals surface area contributed by atoms with Crippen LogP contribution in [0.25, 0.3) is 0 Å². The number of benzene rings is 1. The highest BCUT2D eigenvalue weighted by molar-refractivity contribution is 7.80. The van der Waals surface area contributed by atoms with Crippen LogP contribution >= 0.6 is 12.2 Å². The molecular weight excluding hydrogens is 437 g/mol. The number of aromatic nitrogens is 3. The van der Waals surface area contributed by atoms with Crippen LogP contribution in [0.15, 0.2) is 18.2 Å². The van der Waals surface area contributed by atoms with Gasteiger partial charge >= 0.3 is 6.09 Å². The molecule has 3 heterocycles. The first kappa shape index (κ1) is 21.9. The van der Waals surface area contributed by atoms with Crippen LogP contribution in [0.3, 0.4) is 0 Å². The number of piperazine rings is 1. The highest BCUT2D eigenvalue weighted by Gasteiger charge is 2.33. The number of hydrogen-bond donors (Lipinski definition) is 2. The molecule has 0 aliphatic carbocycles. The molecule has 10 nitrogen and oxygen atoms in total. The van der Waals surface area contributed by atoms with Crippen LogP contribution in [-0.4, -0.2) is 82.4 Å². The van der Waals surface area contributed by atoms with Crippen molar-refractivity contribution in [2.24, 2.45) is 0 Å². The molecule has 0 spiro atoms. The number of carbonyl (C=O) groups excluding carboxylic acids is 2. The number of cyclic esters (lactones) is 1. The molecule has 0 radical (unpaired) electrons. The van der Waals surface area contributed by atoms with Gasteiger partial charge in [-0.25, -0.2) is 14.2 Å². The molecule has 2 fully saturated rings. The first-order chi connectivity index (χ1) is 15.3. The Bertz CT molecular complexity index is 1040. The summed E-state index contributed by atoms with van der Waals surface area (Å²) in [6.07, 6.45) is -1.03. The lowest BCUT2D eigenvalue weighted by atomic mass is 10.2. The van der Waals surface area contributed by atoms with E-state index in [9.17, 15) is 14.0 Å². The number of nitrogens with zero attached hydrogens (tertiary/aromatic N) is 5. The Morgan fingerprint density at radius 2 is 2.09 bits per heavy atom. The molecule has 1 aromatic carbocycles. The lowest BCUT2D eigenvalue weighted by Gasteiger charge is -2.37. The molecule has 32 heavy (non-hydrogen) atoms. The smallest absolute Gasteiger partial charge is 0.414 e. The molecule has 2 N–H and O–H groups in total. The van der Waals surface area contributed by atoms with E-state index in [0.717, 1.165) is 0 Å². The zero-order valence-electron chi connectivity index (χ0n) is 17.8. The van der Waals surface area contributed by atoms with Gasteiger partial charge in [0.15, 0.2) is 0 Å². The van der Waals surface area contributed by atoms with Gasteiger partial charge in [-0.1, -0.05) is 12.2 Å². The first-order valence-electron chi connectivity index (χ1n) is 10.3. The summed E-state index contributed by atoms with van der Waals surface area (Å²) in [5, 5.41) is 9.51. The number of carbonyl (C=O) groups is 2. The normalized spacial score (nSPS) is 18.7. The lowest BCUT2D eigenvalue weighted by molar-refractivity contribution is -0.119. The third-order valence-corrected chi connectivity index (χ3v) is 5.83. The van der Waals surface area contributed by atoms with Crippen molar-refractivity contribution in [3.63, 3.8) is 0 Å². The highest BCUT2D eigenvalue weighted by atomic mass is 32.1. The Morgan fingerprint density at radius 1 is 1.34 bits per heavy atom. The largest absolute Gasteiger partial charge is 0.442 e. The van der Waals surface area contributed by atoms with Crippen molar-refractivity contribution < 1.29 is 18.7 Å². The fourth-order valence-corrected chi connectivity index (χ4v) is 4.02. The zero-order valence-corrected chi connectivity index (χ0v) is 18.6. The van der Waals surface area contributed by atoms with Crippen LogP contribution in [0.4, 0.5) is 20.6 Å². The molecule has 2 saturated heterocycles. The van der Waals surface area contributed by atoms with Gasteiger partial charge in [-0.2, -0.15) is 5.10 Å². The van der Waals surface area contributed by atoms with Crippen molar-refractivity contribution in [2.45, 2.75) is 20.0 Å². The predicted molar refractivity (Wildman–Crippen MR) is 119 cm³/mol. The summed E-state index contributed by atoms with van der Waals surface area (Å²) in [6, 6.07) is 4.71. The Balaban J connectivity index is 1.37. The van der Waals surface area contributed by atoms with Crippen LogP contribution in [0.5, 0.6) is 0 Å². The predicted octanol–water partition coefficient (Wildman–Crippen LogP) is 1.21. The maximum atomic E-state index is 14.9. The van der Waals surface area contributed by atoms with E-state index in [2.05, 4.69) is 20.5 Å². The molecule has 2 aliphatic rings. The summed E-state index contributed by atoms with van der Waals surface area (Å²) < 4.78 is 20.2. The molecule has 0 unspecified atom stereocenters. The van der Waals surface area contributed by atoms with Gasteiger partial charge in [0.25, 0.3) is 0 Å². The van der Waals surface area contributed by atoms with E-state index in [4.69, 9.17) is 17.0 Å². The molecule has 2 amide bonds. The van der Waals surface area contributed by atoms with Gasteiger partial charge in [0.05, 0.1) is 24.5 Å². The minimum Gasteiger partial charge on any atom is -0.442 e. The minimum atomic E-state index is -0.558. The number of rotatable bonds is 5. The molecule has 0 saturated carbocycles. The summed E-state index contributed by atoms with van der Waals surface area (Å²) in [4.78, 5) is 33.4. The topological polar surface area (TPSA) is 107 Å². The van der Waals surface area contributed by atoms with E-state index in [1.165, 1.54) is 17.9 Å². The third kappa shape index (κ3) is 4.64. The monoisotopic (exact) mass is 461 g/mol. The van der Waals surface area contributed by atoms with Gasteiger partial charge < -0.3 is 19.9 Å². The van der Waals surface area contributed by atoms with Crippen molar-refractivity contribution in [2.75, 3.05) is 49.1 Å². The van der Waals surface area contributed by atoms with E-state index in [1.807, 2.05) is 16.7 Å². The Hall–Kier alpha value is -3.28. The van der Waals surface area contributed by atoms with Crippen LogP contribution in [0.1, 0.15) is 18.6 Å². The standard InChI is InChI=1S/C20H24FN7O3S/c1-12-23-18(25-24-12)19(32)27-7-5-26(6-8-27)17-4-3-14(9-16(17)21)28-11-15(31-20(28)30)10-22-13(2)29/h3-4,9,15H,5-8,10-11H2,1-2H3,(H,22,29)(H,23,24,25)/t15-/m0/s1. The van der Waals surface area contributed by atoms with Crippen LogP contribution in [-0.2, 0) is 9.53 Å². The van der Waals surface area contributed by atoms with Gasteiger partial charge in [0.1, 0.15) is 22.7 Å². The summed E-state index contributed by atoms with van der Waals surface area (Å²) >= 11 is 5.48. The number of nitrogens with one attached hydrogen (secondary N) is 2. The van der Waals surface area contributed by atoms with Crippen molar-refractivity contribution in [3.8, 4) is 0 Å². The van der Waals surface area contributed by atoms with Crippen molar-refractivity contribution >= 4 is 40.6 Å². The Morgan fingerprint density at radius 3 is 2.72 bits per heavy atom. The second-order valence-electron chi connectivity index (χ2n) is 7.71. The molecule has 1 atom stereocenters. The maximum Gasteiger partial charge on any atom is 0.414 e. The summed E-state index contributed by atoms with van der Waals surface area (Å²) in [5.41, 5.74) is 0.886. The molecule has 170 valence electrons. The molecule has 2 aliphatic heterocycles. The fourth-order valence-electron chi connectivity index (χ4n) is 3.75. The third-order valence-electron chi connectivity index (χ3n) is 5.39. The van der Waals surface area contributed by atoms with Gasteiger partial charge in [-0.05, 0) is 25.1 Å². The lowest BCUT2D eigenvalue weighted by Crippen LogP contribution is -2.49. The number of anilines is 2. The first-order valence-corrected chi connectivity index (χ1v) is 10.7. The van der Waals surface area contributed by atoms with Gasteiger partial charge in [0.2, 0.25) is 11.7 Å². The summed E-state index contributed by atoms with van der Waals surface area (Å²) in [6.45, 7) is 6.09. The molecular formula is C20H24FN7O3S. The number of ether oxygens (including phenoxy) is 1. The number of thiocarbonyl (C=S) groups is 1. The molecule has 1 aromatic heterocycles. The van der Waals surface area contributed by atoms with Gasteiger partial charge in [-0.3, -0.25) is 14.8 Å². The molecule has 2 aromatic rings. The number of aromatic amines is 1. The fraction of sp³-hybridized carbons (Fsp3) is 0.450. The van der Waals surface area contributed by atoms with E-state index in [-0.39, 0.29) is 19.0 Å². The number of halogens is 1. The Labute approximate surface area is 189 Å². The summed E-state index contributed by atoms with van der Waals surface area (Å²) in [5.74, 6) is 0.579. The van der Waals surface area contributed by atoms with E-state index in [1.54, 1.807) is 12.1 Å². The zero-order chi connectivity index (χ0) is 22.8. The van der Waals surface area contributed by atoms with Crippen LogP contribution < -0.4 is 15.1 Å². The molecule has 0 bridgehead atoms. The van der Waals surface area contributed by atoms with Crippen LogP contribution in [0.2, 0.25) is 0 Å². The molecule has 12 heteroatoms. The average Bonchev–Trinajstić information content (AvgIpc) is 3.37. The SMILES string of the molecule is CC(=O)NC[C@H]1CN(c2ccc(N3CCN(C(=S)c4n[nH]c(C)n4)CC3)c(F)c2)C(=O)O1. The van der Waals surface area contributed by atoms with Gasteiger partial charge in [-0.15, -0.1) is 0 Å². The van der Waals surface area contributed by atoms with E-state index < -0.39 is 18.0 Å². The van der Waals surface area contributed by atoms with Crippen molar-refractivity contribution in [1.82, 2.24) is 25.4 Å². The second kappa shape index (κ2) is 9.07. The van der Waals surface area contributed by atoms with E-state index >= 15 is 0 Å². The second-order valence-corrected chi connectivity index (χ2v) is 8.10. The van der Waals surface area contributed by atoms with Crippen molar-refractivity contribution in [1.29, 1.82) is 0 Å². The molecule has 4 rings (SSSR count).